The van der Waals surface area contributed by atoms with Crippen LogP contribution in [0.2, 0.25) is 0 Å². The van der Waals surface area contributed by atoms with Crippen LogP contribution in [0.25, 0.3) is 20.4 Å². The number of halogens is 4. The molecule has 0 bridgehead atoms. The van der Waals surface area contributed by atoms with E-state index in [2.05, 4.69) is 74.8 Å². The molecule has 0 saturated heterocycles. The maximum atomic E-state index is 11.8. The summed E-state index contributed by atoms with van der Waals surface area (Å²) in [5, 5.41) is 12.4. The van der Waals surface area contributed by atoms with Gasteiger partial charge in [0.05, 0.1) is 10.8 Å². The molecule has 1 amide bonds. The molecule has 2 fully saturated rings. The number of carbonyl (C=O) groups excluding carboxylic acids is 2. The zero-order valence-corrected chi connectivity index (χ0v) is 37.2. The highest BCUT2D eigenvalue weighted by molar-refractivity contribution is 7.19. The second-order valence-corrected chi connectivity index (χ2v) is 18.3. The molecular formula is C40H54ClF3N8O6S2. The number of ether oxygens (including phenoxy) is 2. The summed E-state index contributed by atoms with van der Waals surface area (Å²) in [6.45, 7) is 6.32. The molecule has 2 aliphatic heterocycles. The number of hydrogen-bond donors (Lipinski definition) is 2. The number of aromatic nitrogens is 4. The maximum absolute atomic E-state index is 11.8. The van der Waals surface area contributed by atoms with Crippen molar-refractivity contribution in [2.45, 2.75) is 122 Å². The highest BCUT2D eigenvalue weighted by Crippen LogP contribution is 2.40. The Bertz CT molecular complexity index is 2080. The van der Waals surface area contributed by atoms with Crippen LogP contribution in [0.5, 0.6) is 11.8 Å². The van der Waals surface area contributed by atoms with Gasteiger partial charge in [-0.3, -0.25) is 9.59 Å². The summed E-state index contributed by atoms with van der Waals surface area (Å²) in [7, 11) is 8.64. The average Bonchev–Trinajstić information content (AvgIpc) is 3.77. The van der Waals surface area contributed by atoms with Crippen LogP contribution in [0, 0.1) is 0 Å². The fourth-order valence-electron chi connectivity index (χ4n) is 7.82. The Kier molecular flexibility index (Phi) is 16.8. The van der Waals surface area contributed by atoms with E-state index in [1.165, 1.54) is 40.6 Å². The van der Waals surface area contributed by atoms with Gasteiger partial charge in [0.15, 0.2) is 0 Å². The van der Waals surface area contributed by atoms with Crippen molar-refractivity contribution in [1.29, 1.82) is 0 Å². The highest BCUT2D eigenvalue weighted by Gasteiger charge is 2.38. The molecule has 20 heteroatoms. The van der Waals surface area contributed by atoms with Crippen molar-refractivity contribution >= 4 is 71.8 Å². The number of hydrogen-bond acceptors (Lipinski definition) is 14. The smallest absolute Gasteiger partial charge is 0.475 e. The third kappa shape index (κ3) is 12.7. The van der Waals surface area contributed by atoms with Crippen molar-refractivity contribution in [3.8, 4) is 11.8 Å². The van der Waals surface area contributed by atoms with Gasteiger partial charge in [-0.05, 0) is 110 Å². The minimum atomic E-state index is -5.08. The van der Waals surface area contributed by atoms with E-state index in [1.54, 1.807) is 42.3 Å². The molecule has 0 atom stereocenters. The Labute approximate surface area is 360 Å². The molecule has 0 spiro atoms. The van der Waals surface area contributed by atoms with Crippen molar-refractivity contribution in [2.24, 2.45) is 0 Å². The Morgan fingerprint density at radius 1 is 0.783 bits per heavy atom. The summed E-state index contributed by atoms with van der Waals surface area (Å²) in [6, 6.07) is 1.34. The van der Waals surface area contributed by atoms with E-state index in [1.807, 2.05) is 4.90 Å². The molecular weight excluding hydrogens is 845 g/mol. The standard InChI is InChI=1S/C19H26N4O2S.C17H24N4OS.C2H3ClO.C2HF3O2/c1-12(24)23-9-8-16-15(10-23)17-18(20-11-21-19(17)26-16)25-14-6-4-13(5-7-14)22(2)3;1-21(2)11-3-5-12(6-4-11)22-16-15-13-9-18-8-7-14(13)23-17(15)20-10-19-16;1-2(3)4;3-2(4,5)1(6)7/h11,13-14H,4-10H2,1-3H3;10-12,18H,3-9H2,1-2H3;1H3;(H,6,7). The lowest BCUT2D eigenvalue weighted by molar-refractivity contribution is -0.192. The van der Waals surface area contributed by atoms with E-state index in [-0.39, 0.29) is 23.4 Å². The van der Waals surface area contributed by atoms with Gasteiger partial charge >= 0.3 is 12.1 Å². The predicted octanol–water partition coefficient (Wildman–Crippen LogP) is 6.84. The summed E-state index contributed by atoms with van der Waals surface area (Å²) in [5.74, 6) is -1.14. The van der Waals surface area contributed by atoms with Crippen molar-refractivity contribution in [3.05, 3.63) is 33.5 Å². The first kappa shape index (κ1) is 47.3. The third-order valence-electron chi connectivity index (χ3n) is 11.1. The zero-order valence-electron chi connectivity index (χ0n) is 34.8. The third-order valence-corrected chi connectivity index (χ3v) is 13.5. The molecule has 6 heterocycles. The number of carboxylic acids is 1. The molecule has 2 aliphatic carbocycles. The van der Waals surface area contributed by atoms with Crippen LogP contribution in [0.1, 0.15) is 86.1 Å². The number of rotatable bonds is 6. The van der Waals surface area contributed by atoms with Crippen LogP contribution in [0.15, 0.2) is 12.7 Å². The monoisotopic (exact) mass is 898 g/mol. The molecule has 8 rings (SSSR count). The average molecular weight is 900 g/mol. The first-order chi connectivity index (χ1) is 28.4. The van der Waals surface area contributed by atoms with Crippen molar-refractivity contribution in [2.75, 3.05) is 41.3 Å². The lowest BCUT2D eigenvalue weighted by atomic mass is 9.92. The van der Waals surface area contributed by atoms with Gasteiger partial charge in [-0.1, -0.05) is 0 Å². The molecule has 14 nitrogen and oxygen atoms in total. The topological polar surface area (TPSA) is 163 Å². The maximum Gasteiger partial charge on any atom is 0.490 e. The molecule has 330 valence electrons. The minimum Gasteiger partial charge on any atom is -0.475 e. The SMILES string of the molecule is CC(=O)Cl.CC(=O)N1CCc2sc3ncnc(OC4CCC(N(C)C)CC4)c3c2C1.CN(C)C1CCC(Oc2ncnc3sc4c(c23)CNCC4)CC1.O=C(O)C(F)(F)F. The number of aliphatic carboxylic acids is 1. The van der Waals surface area contributed by atoms with Crippen LogP contribution >= 0.6 is 34.3 Å². The molecule has 4 aromatic rings. The zero-order chi connectivity index (χ0) is 43.7. The lowest BCUT2D eigenvalue weighted by Crippen LogP contribution is -2.35. The number of carbonyl (C=O) groups is 3. The number of amides is 1. The van der Waals surface area contributed by atoms with Crippen LogP contribution < -0.4 is 14.8 Å². The second-order valence-electron chi connectivity index (χ2n) is 15.6. The van der Waals surface area contributed by atoms with Gasteiger partial charge in [0.25, 0.3) is 0 Å². The Balaban J connectivity index is 0.000000184. The first-order valence-electron chi connectivity index (χ1n) is 20.0. The first-order valence-corrected chi connectivity index (χ1v) is 22.0. The van der Waals surface area contributed by atoms with Crippen LogP contribution in [0.4, 0.5) is 13.2 Å². The minimum absolute atomic E-state index is 0.122. The van der Waals surface area contributed by atoms with Crippen molar-refractivity contribution in [3.63, 3.8) is 0 Å². The number of carboxylic acid groups (broad SMARTS) is 1. The second kappa shape index (κ2) is 21.4. The highest BCUT2D eigenvalue weighted by atomic mass is 35.5. The number of thiophene rings is 2. The van der Waals surface area contributed by atoms with E-state index >= 15 is 0 Å². The van der Waals surface area contributed by atoms with Crippen LogP contribution in [-0.2, 0) is 40.3 Å². The van der Waals surface area contributed by atoms with Gasteiger partial charge in [0.1, 0.15) is 34.5 Å². The van der Waals surface area contributed by atoms with Gasteiger partial charge < -0.3 is 34.6 Å². The largest absolute Gasteiger partial charge is 0.490 e. The lowest BCUT2D eigenvalue weighted by Gasteiger charge is -2.32. The van der Waals surface area contributed by atoms with Gasteiger partial charge in [-0.15, -0.1) is 22.7 Å². The number of nitrogens with one attached hydrogen (secondary N) is 1. The molecule has 2 saturated carbocycles. The van der Waals surface area contributed by atoms with Gasteiger partial charge in [-0.2, -0.15) is 13.2 Å². The molecule has 60 heavy (non-hydrogen) atoms. The summed E-state index contributed by atoms with van der Waals surface area (Å²) in [4.78, 5) is 59.1. The molecule has 2 N–H and O–H groups in total. The Morgan fingerprint density at radius 3 is 1.63 bits per heavy atom. The van der Waals surface area contributed by atoms with E-state index in [0.717, 1.165) is 97.3 Å². The fraction of sp³-hybridized carbons (Fsp3) is 0.625. The van der Waals surface area contributed by atoms with Gasteiger partial charge in [0, 0.05) is 67.4 Å². The molecule has 4 aromatic heterocycles. The Hall–Kier alpha value is -3.75. The van der Waals surface area contributed by atoms with Crippen LogP contribution in [0.3, 0.4) is 0 Å². The van der Waals surface area contributed by atoms with Crippen molar-refractivity contribution in [1.82, 2.24) is 40.0 Å². The summed E-state index contributed by atoms with van der Waals surface area (Å²) < 4.78 is 44.4. The van der Waals surface area contributed by atoms with Crippen molar-refractivity contribution < 1.29 is 42.1 Å². The molecule has 0 radical (unpaired) electrons. The van der Waals surface area contributed by atoms with E-state index in [4.69, 9.17) is 19.4 Å². The molecule has 0 unspecified atom stereocenters. The van der Waals surface area contributed by atoms with Gasteiger partial charge in [-0.25, -0.2) is 24.7 Å². The number of nitrogens with zero attached hydrogens (tertiary/aromatic N) is 7. The summed E-state index contributed by atoms with van der Waals surface area (Å²) >= 11 is 8.16. The molecule has 4 aliphatic rings. The fourth-order valence-corrected chi connectivity index (χ4v) is 10.1. The van der Waals surface area contributed by atoms with E-state index in [0.29, 0.717) is 24.5 Å². The van der Waals surface area contributed by atoms with Crippen LogP contribution in [-0.4, -0.2) is 129 Å². The summed E-state index contributed by atoms with van der Waals surface area (Å²) in [6.07, 6.45) is 9.71. The van der Waals surface area contributed by atoms with Gasteiger partial charge in [0.2, 0.25) is 22.9 Å². The van der Waals surface area contributed by atoms with E-state index in [9.17, 15) is 22.8 Å². The normalized spacial score (nSPS) is 21.4. The van der Waals surface area contributed by atoms with E-state index < -0.39 is 12.1 Å². The summed E-state index contributed by atoms with van der Waals surface area (Å²) in [5.41, 5.74) is 2.54. The predicted molar refractivity (Wildman–Crippen MR) is 226 cm³/mol. The Morgan fingerprint density at radius 2 is 1.22 bits per heavy atom. The number of fused-ring (bicyclic) bond motifs is 6. The number of alkyl halides is 3. The molecule has 0 aromatic carbocycles. The quantitative estimate of drug-likeness (QED) is 0.194.